The summed E-state index contributed by atoms with van der Waals surface area (Å²) in [6.07, 6.45) is 2.52. The zero-order chi connectivity index (χ0) is 14.7. The number of halogens is 1. The van der Waals surface area contributed by atoms with E-state index in [4.69, 9.17) is 5.73 Å². The number of nitrogens with two attached hydrogens (primary N) is 1. The molecule has 0 bridgehead atoms. The van der Waals surface area contributed by atoms with E-state index in [2.05, 4.69) is 23.8 Å². The van der Waals surface area contributed by atoms with Crippen molar-refractivity contribution in [2.45, 2.75) is 38.8 Å². The fraction of sp³-hybridized carbons (Fsp3) is 0.625. The predicted octanol–water partition coefficient (Wildman–Crippen LogP) is 2.77. The van der Waals surface area contributed by atoms with E-state index in [1.54, 1.807) is 6.07 Å². The highest BCUT2D eigenvalue weighted by Gasteiger charge is 2.25. The maximum absolute atomic E-state index is 13.4. The number of likely N-dealkylation sites (N-methyl/N-ethyl adjacent to an activating group) is 2. The summed E-state index contributed by atoms with van der Waals surface area (Å²) in [5, 5.41) is 0. The van der Waals surface area contributed by atoms with Gasteiger partial charge in [0.25, 0.3) is 0 Å². The highest BCUT2D eigenvalue weighted by molar-refractivity contribution is 5.54. The number of nitrogens with zero attached hydrogens (tertiary/aromatic N) is 2. The van der Waals surface area contributed by atoms with Crippen LogP contribution in [-0.2, 0) is 0 Å². The number of hydrogen-bond donors (Lipinski definition) is 1. The van der Waals surface area contributed by atoms with Gasteiger partial charge in [-0.15, -0.1) is 0 Å². The molecule has 2 atom stereocenters. The fourth-order valence-corrected chi connectivity index (χ4v) is 3.17. The summed E-state index contributed by atoms with van der Waals surface area (Å²) in [7, 11) is 2.07. The normalized spacial score (nSPS) is 21.1. The lowest BCUT2D eigenvalue weighted by atomic mass is 10.0. The summed E-state index contributed by atoms with van der Waals surface area (Å²) in [6, 6.07) is 5.36. The van der Waals surface area contributed by atoms with Gasteiger partial charge in [-0.1, -0.05) is 6.92 Å². The second kappa shape index (κ2) is 6.55. The van der Waals surface area contributed by atoms with Crippen LogP contribution >= 0.6 is 0 Å². The molecule has 0 aromatic heterocycles. The van der Waals surface area contributed by atoms with Gasteiger partial charge in [-0.2, -0.15) is 0 Å². The molecule has 1 fully saturated rings. The Balaban J connectivity index is 2.14. The first kappa shape index (κ1) is 15.3. The molecule has 0 spiro atoms. The molecule has 1 aliphatic rings. The second-order valence-corrected chi connectivity index (χ2v) is 5.80. The lowest BCUT2D eigenvalue weighted by molar-refractivity contribution is 0.270. The summed E-state index contributed by atoms with van der Waals surface area (Å²) in [4.78, 5) is 4.74. The number of benzene rings is 1. The third kappa shape index (κ3) is 3.30. The summed E-state index contributed by atoms with van der Waals surface area (Å²) in [6.45, 7) is 7.38. The van der Waals surface area contributed by atoms with E-state index in [1.807, 2.05) is 13.0 Å². The largest absolute Gasteiger partial charge is 0.373 e. The molecule has 20 heavy (non-hydrogen) atoms. The minimum absolute atomic E-state index is 0.158. The highest BCUT2D eigenvalue weighted by atomic mass is 19.1. The van der Waals surface area contributed by atoms with Crippen LogP contribution in [0.15, 0.2) is 18.2 Å². The van der Waals surface area contributed by atoms with E-state index >= 15 is 0 Å². The first-order valence-corrected chi connectivity index (χ1v) is 7.53. The maximum Gasteiger partial charge on any atom is 0.123 e. The smallest absolute Gasteiger partial charge is 0.123 e. The molecule has 1 saturated heterocycles. The van der Waals surface area contributed by atoms with Gasteiger partial charge < -0.3 is 10.6 Å². The molecule has 0 radical (unpaired) electrons. The average Bonchev–Trinajstić information content (AvgIpc) is 2.85. The molecule has 3 nitrogen and oxygen atoms in total. The van der Waals surface area contributed by atoms with Crippen LogP contribution in [0.4, 0.5) is 10.1 Å². The standard InChI is InChI=1S/C16H26FN3/c1-4-20-9-5-6-14(20)11-19(3)16-8-7-13(17)10-15(16)12(2)18/h7-8,10,12,14H,4-6,9,11,18H2,1-3H3/t12-,14?/m1/s1. The van der Waals surface area contributed by atoms with Crippen molar-refractivity contribution in [1.29, 1.82) is 0 Å². The molecule has 0 aliphatic carbocycles. The van der Waals surface area contributed by atoms with Crippen LogP contribution in [0.25, 0.3) is 0 Å². The van der Waals surface area contributed by atoms with Gasteiger partial charge in [0.1, 0.15) is 5.82 Å². The van der Waals surface area contributed by atoms with Crippen molar-refractivity contribution in [2.75, 3.05) is 31.6 Å². The van der Waals surface area contributed by atoms with Gasteiger partial charge in [0.15, 0.2) is 0 Å². The van der Waals surface area contributed by atoms with Crippen LogP contribution in [0, 0.1) is 5.82 Å². The van der Waals surface area contributed by atoms with Gasteiger partial charge >= 0.3 is 0 Å². The molecule has 0 saturated carbocycles. The van der Waals surface area contributed by atoms with Gasteiger partial charge in [-0.3, -0.25) is 4.90 Å². The van der Waals surface area contributed by atoms with E-state index in [0.717, 1.165) is 24.3 Å². The third-order valence-electron chi connectivity index (χ3n) is 4.28. The van der Waals surface area contributed by atoms with Crippen molar-refractivity contribution in [1.82, 2.24) is 4.90 Å². The SMILES string of the molecule is CCN1CCCC1CN(C)c1ccc(F)cc1[C@@H](C)N. The van der Waals surface area contributed by atoms with E-state index < -0.39 is 0 Å². The second-order valence-electron chi connectivity index (χ2n) is 5.80. The molecule has 2 N–H and O–H groups in total. The first-order valence-electron chi connectivity index (χ1n) is 7.53. The Morgan fingerprint density at radius 2 is 2.25 bits per heavy atom. The van der Waals surface area contributed by atoms with Gasteiger partial charge in [0.2, 0.25) is 0 Å². The minimum atomic E-state index is -0.217. The van der Waals surface area contributed by atoms with Crippen LogP contribution < -0.4 is 10.6 Å². The van der Waals surface area contributed by atoms with Gasteiger partial charge in [-0.05, 0) is 56.6 Å². The summed E-state index contributed by atoms with van der Waals surface area (Å²) in [5.74, 6) is -0.217. The van der Waals surface area contributed by atoms with Crippen molar-refractivity contribution in [3.05, 3.63) is 29.6 Å². The summed E-state index contributed by atoms with van der Waals surface area (Å²) < 4.78 is 13.4. The van der Waals surface area contributed by atoms with E-state index in [9.17, 15) is 4.39 Å². The predicted molar refractivity (Wildman–Crippen MR) is 82.5 cm³/mol. The van der Waals surface area contributed by atoms with Crippen LogP contribution in [-0.4, -0.2) is 37.6 Å². The molecule has 1 aliphatic heterocycles. The third-order valence-corrected chi connectivity index (χ3v) is 4.28. The van der Waals surface area contributed by atoms with Crippen LogP contribution in [0.2, 0.25) is 0 Å². The average molecular weight is 279 g/mol. The number of rotatable bonds is 5. The molecular weight excluding hydrogens is 253 g/mol. The monoisotopic (exact) mass is 279 g/mol. The van der Waals surface area contributed by atoms with Crippen LogP contribution in [0.5, 0.6) is 0 Å². The van der Waals surface area contributed by atoms with Crippen molar-refractivity contribution >= 4 is 5.69 Å². The Labute approximate surface area is 121 Å². The molecule has 2 rings (SSSR count). The molecule has 1 heterocycles. The van der Waals surface area contributed by atoms with Gasteiger partial charge in [-0.25, -0.2) is 4.39 Å². The Kier molecular flexibility index (Phi) is 5.00. The molecule has 1 aromatic rings. The maximum atomic E-state index is 13.4. The Morgan fingerprint density at radius 1 is 1.50 bits per heavy atom. The van der Waals surface area contributed by atoms with Gasteiger partial charge in [0, 0.05) is 31.4 Å². The molecule has 1 unspecified atom stereocenters. The lowest BCUT2D eigenvalue weighted by Gasteiger charge is -2.30. The number of anilines is 1. The quantitative estimate of drug-likeness (QED) is 0.899. The Hall–Kier alpha value is -1.13. The first-order chi connectivity index (χ1) is 9.52. The lowest BCUT2D eigenvalue weighted by Crippen LogP contribution is -2.39. The van der Waals surface area contributed by atoms with E-state index in [1.165, 1.54) is 25.5 Å². The number of hydrogen-bond acceptors (Lipinski definition) is 3. The molecule has 112 valence electrons. The zero-order valence-electron chi connectivity index (χ0n) is 12.8. The van der Waals surface area contributed by atoms with Crippen LogP contribution in [0.1, 0.15) is 38.3 Å². The minimum Gasteiger partial charge on any atom is -0.373 e. The number of likely N-dealkylation sites (tertiary alicyclic amines) is 1. The van der Waals surface area contributed by atoms with Crippen molar-refractivity contribution in [3.63, 3.8) is 0 Å². The molecule has 1 aromatic carbocycles. The van der Waals surface area contributed by atoms with Crippen molar-refractivity contribution in [2.24, 2.45) is 5.73 Å². The Morgan fingerprint density at radius 3 is 2.90 bits per heavy atom. The van der Waals surface area contributed by atoms with Crippen LogP contribution in [0.3, 0.4) is 0 Å². The summed E-state index contributed by atoms with van der Waals surface area (Å²) >= 11 is 0. The van der Waals surface area contributed by atoms with Gasteiger partial charge in [0.05, 0.1) is 0 Å². The zero-order valence-corrected chi connectivity index (χ0v) is 12.8. The van der Waals surface area contributed by atoms with E-state index in [0.29, 0.717) is 6.04 Å². The topological polar surface area (TPSA) is 32.5 Å². The van der Waals surface area contributed by atoms with Crippen molar-refractivity contribution in [3.8, 4) is 0 Å². The fourth-order valence-electron chi connectivity index (χ4n) is 3.17. The van der Waals surface area contributed by atoms with Crippen molar-refractivity contribution < 1.29 is 4.39 Å². The molecule has 4 heteroatoms. The molecular formula is C16H26FN3. The Bertz CT molecular complexity index is 447. The van der Waals surface area contributed by atoms with E-state index in [-0.39, 0.29) is 11.9 Å². The molecule has 0 amide bonds. The highest BCUT2D eigenvalue weighted by Crippen LogP contribution is 2.27. The summed E-state index contributed by atoms with van der Waals surface area (Å²) in [5.41, 5.74) is 7.91.